The topological polar surface area (TPSA) is 8.17 Å². The van der Waals surface area contributed by atoms with E-state index in [1.165, 1.54) is 37.8 Å². The molecule has 0 saturated carbocycles. The first-order valence-electron chi connectivity index (χ1n) is 27.6. The highest BCUT2D eigenvalue weighted by Gasteiger charge is 2.19. The molecule has 0 amide bonds. The molecule has 318 valence electrons. The second kappa shape index (κ2) is 16.5. The van der Waals surface area contributed by atoms with Crippen molar-refractivity contribution in [2.45, 2.75) is 0 Å². The Hall–Kier alpha value is -8.98. The van der Waals surface area contributed by atoms with Gasteiger partial charge >= 0.3 is 0 Å². The predicted octanol–water partition coefficient (Wildman–Crippen LogP) is 18.4. The fourth-order valence-corrected chi connectivity index (χ4v) is 9.89. The second-order valence-electron chi connectivity index (χ2n) is 17.0. The number of hydrogen-bond donors (Lipinski definition) is 0. The first-order valence-corrected chi connectivity index (χ1v) is 22.6. The van der Waals surface area contributed by atoms with Crippen LogP contribution in [0.1, 0.15) is 13.7 Å². The van der Waals surface area contributed by atoms with Gasteiger partial charge in [0.2, 0.25) is 0 Å². The van der Waals surface area contributed by atoms with Gasteiger partial charge in [-0.1, -0.05) is 218 Å². The molecule has 0 saturated heterocycles. The van der Waals surface area contributed by atoms with Crippen molar-refractivity contribution in [1.82, 2.24) is 4.57 Å². The normalized spacial score (nSPS) is 13.6. The molecule has 0 bridgehead atoms. The van der Waals surface area contributed by atoms with E-state index < -0.39 is 36.3 Å². The first kappa shape index (κ1) is 30.3. The van der Waals surface area contributed by atoms with Gasteiger partial charge in [-0.25, -0.2) is 0 Å². The zero-order valence-corrected chi connectivity index (χ0v) is 36.5. The summed E-state index contributed by atoms with van der Waals surface area (Å²) in [7, 11) is 0. The molecule has 0 aliphatic rings. The average molecular weight is 875 g/mol. The van der Waals surface area contributed by atoms with Crippen molar-refractivity contribution in [3.8, 4) is 50.2 Å². The number of nitrogens with zero attached hydrogens (tertiary/aromatic N) is 2. The van der Waals surface area contributed by atoms with Crippen molar-refractivity contribution in [2.75, 3.05) is 4.90 Å². The zero-order valence-electron chi connectivity index (χ0n) is 46.5. The highest BCUT2D eigenvalue weighted by Crippen LogP contribution is 2.43. The molecule has 2 nitrogen and oxygen atoms in total. The molecule has 13 aromatic rings. The van der Waals surface area contributed by atoms with Crippen molar-refractivity contribution in [3.63, 3.8) is 0 Å². The monoisotopic (exact) mass is 874 g/mol. The van der Waals surface area contributed by atoms with Crippen LogP contribution in [0.2, 0.25) is 0 Å². The van der Waals surface area contributed by atoms with Gasteiger partial charge in [-0.05, 0) is 115 Å². The number of aromatic nitrogens is 1. The number of fused-ring (bicyclic) bond motifs is 7. The van der Waals surface area contributed by atoms with Crippen molar-refractivity contribution in [1.29, 1.82) is 0 Å². The molecular formula is C66H44N2. The van der Waals surface area contributed by atoms with Crippen molar-refractivity contribution in [3.05, 3.63) is 267 Å². The SMILES string of the molecule is [2H]c1c([2H])c([2H])c(-c2ccc(N(c3ccc(-c4c([2H])c([2H])c([2H])c([2H])c4[2H])cc3)c3cccc4c(-c5ccc(-c6ccc7c8ccc9ccccc9c8n(-c8ccc9ccccc9c8)c7c6)cc5)cccc34)cc2)c([2H])c1[2H]. The molecule has 2 heteroatoms. The molecule has 0 aliphatic carbocycles. The highest BCUT2D eigenvalue weighted by molar-refractivity contribution is 6.19. The maximum Gasteiger partial charge on any atom is 0.0629 e. The lowest BCUT2D eigenvalue weighted by Crippen LogP contribution is -2.10. The maximum absolute atomic E-state index is 8.66. The fraction of sp³-hybridized carbons (Fsp3) is 0. The van der Waals surface area contributed by atoms with Crippen molar-refractivity contribution >= 4 is 71.2 Å². The summed E-state index contributed by atoms with van der Waals surface area (Å²) in [6.07, 6.45) is 0. The lowest BCUT2D eigenvalue weighted by atomic mass is 9.94. The van der Waals surface area contributed by atoms with Gasteiger partial charge in [-0.2, -0.15) is 0 Å². The van der Waals surface area contributed by atoms with Crippen molar-refractivity contribution in [2.24, 2.45) is 0 Å². The molecule has 0 atom stereocenters. The van der Waals surface area contributed by atoms with E-state index in [9.17, 15) is 0 Å². The number of hydrogen-bond acceptors (Lipinski definition) is 1. The third-order valence-electron chi connectivity index (χ3n) is 13.1. The van der Waals surface area contributed by atoms with E-state index in [-0.39, 0.29) is 35.3 Å². The van der Waals surface area contributed by atoms with Crippen LogP contribution in [0.3, 0.4) is 0 Å². The van der Waals surface area contributed by atoms with Gasteiger partial charge in [0, 0.05) is 38.6 Å². The van der Waals surface area contributed by atoms with E-state index in [4.69, 9.17) is 13.7 Å². The first-order chi connectivity index (χ1) is 37.9. The van der Waals surface area contributed by atoms with Crippen LogP contribution in [0, 0.1) is 0 Å². The van der Waals surface area contributed by atoms with E-state index in [0.29, 0.717) is 22.5 Å². The van der Waals surface area contributed by atoms with Crippen LogP contribution in [-0.4, -0.2) is 4.57 Å². The summed E-state index contributed by atoms with van der Waals surface area (Å²) in [5, 5.41) is 9.06. The third-order valence-corrected chi connectivity index (χ3v) is 13.1. The number of rotatable bonds is 8. The molecule has 0 N–H and O–H groups in total. The van der Waals surface area contributed by atoms with Gasteiger partial charge in [-0.3, -0.25) is 0 Å². The smallest absolute Gasteiger partial charge is 0.0629 e. The summed E-state index contributed by atoms with van der Waals surface area (Å²) in [5.41, 5.74) is 10.9. The zero-order chi connectivity index (χ0) is 53.7. The minimum absolute atomic E-state index is 0.0985. The highest BCUT2D eigenvalue weighted by atomic mass is 15.1. The summed E-state index contributed by atoms with van der Waals surface area (Å²) >= 11 is 0. The molecule has 0 fully saturated rings. The van der Waals surface area contributed by atoms with Crippen LogP contribution < -0.4 is 4.90 Å². The van der Waals surface area contributed by atoms with Crippen LogP contribution in [0.4, 0.5) is 17.1 Å². The molecule has 1 aromatic heterocycles. The van der Waals surface area contributed by atoms with Crippen LogP contribution >= 0.6 is 0 Å². The summed E-state index contributed by atoms with van der Waals surface area (Å²) in [6.45, 7) is 0. The molecule has 12 aromatic carbocycles. The Bertz CT molecular complexity index is 4440. The van der Waals surface area contributed by atoms with E-state index >= 15 is 0 Å². The van der Waals surface area contributed by atoms with E-state index in [1.54, 1.807) is 24.3 Å². The van der Waals surface area contributed by atoms with Crippen LogP contribution in [0.15, 0.2) is 267 Å². The Morgan fingerprint density at radius 2 is 0.853 bits per heavy atom. The summed E-state index contributed by atoms with van der Waals surface area (Å²) in [5.74, 6) is 0. The van der Waals surface area contributed by atoms with E-state index in [0.717, 1.165) is 49.9 Å². The number of anilines is 3. The van der Waals surface area contributed by atoms with Gasteiger partial charge in [0.25, 0.3) is 0 Å². The average Bonchev–Trinajstić information content (AvgIpc) is 4.08. The Balaban J connectivity index is 0.913. The molecule has 0 radical (unpaired) electrons. The molecule has 0 aliphatic heterocycles. The Morgan fingerprint density at radius 3 is 1.56 bits per heavy atom. The summed E-state index contributed by atoms with van der Waals surface area (Å²) in [6, 6.07) is 66.7. The molecule has 1 heterocycles. The fourth-order valence-electron chi connectivity index (χ4n) is 9.89. The molecule has 0 spiro atoms. The Kier molecular flexibility index (Phi) is 7.33. The lowest BCUT2D eigenvalue weighted by molar-refractivity contribution is 1.19. The minimum Gasteiger partial charge on any atom is -0.310 e. The van der Waals surface area contributed by atoms with Crippen LogP contribution in [0.5, 0.6) is 0 Å². The van der Waals surface area contributed by atoms with Gasteiger partial charge in [-0.15, -0.1) is 0 Å². The molecule has 68 heavy (non-hydrogen) atoms. The maximum atomic E-state index is 8.66. The van der Waals surface area contributed by atoms with E-state index in [1.807, 2.05) is 42.5 Å². The van der Waals surface area contributed by atoms with Crippen LogP contribution in [-0.2, 0) is 0 Å². The Morgan fingerprint density at radius 1 is 0.324 bits per heavy atom. The van der Waals surface area contributed by atoms with Gasteiger partial charge in [0.15, 0.2) is 0 Å². The standard InChI is InChI=1S/C66H44N2/c1-3-13-45(14-4-1)48-29-36-55(37-30-48)67(56-38-31-49(32-39-56)46-15-5-2-6-16-46)64-24-12-22-60-58(21-11-23-61(60)64)52-27-25-50(26-28-52)54-35-41-62-63-42-34-51-18-9-10-20-59(51)66(63)68(65(62)44-54)57-40-33-47-17-7-8-19-53(47)43-57/h1-44H/i1D,2D,3D,4D,5D,6D,13D,14D,15D,16D. The van der Waals surface area contributed by atoms with Gasteiger partial charge in [0.1, 0.15) is 0 Å². The lowest BCUT2D eigenvalue weighted by Gasteiger charge is -2.27. The summed E-state index contributed by atoms with van der Waals surface area (Å²) in [4.78, 5) is 2.06. The van der Waals surface area contributed by atoms with Gasteiger partial charge < -0.3 is 9.47 Å². The number of benzene rings is 12. The molecule has 13 rings (SSSR count). The van der Waals surface area contributed by atoms with Gasteiger partial charge in [0.05, 0.1) is 30.4 Å². The minimum atomic E-state index is -0.459. The predicted molar refractivity (Wildman–Crippen MR) is 290 cm³/mol. The molecular weight excluding hydrogens is 821 g/mol. The van der Waals surface area contributed by atoms with E-state index in [2.05, 4.69) is 149 Å². The molecule has 0 unspecified atom stereocenters. The third kappa shape index (κ3) is 6.82. The Labute approximate surface area is 409 Å². The largest absolute Gasteiger partial charge is 0.310 e. The van der Waals surface area contributed by atoms with Crippen molar-refractivity contribution < 1.29 is 13.7 Å². The second-order valence-corrected chi connectivity index (χ2v) is 17.0. The van der Waals surface area contributed by atoms with Crippen LogP contribution in [0.25, 0.3) is 104 Å². The quantitative estimate of drug-likeness (QED) is 0.148. The summed E-state index contributed by atoms with van der Waals surface area (Å²) < 4.78 is 86.6.